The quantitative estimate of drug-likeness (QED) is 0.259. The molecule has 0 aliphatic heterocycles. The molecular weight excluding hydrogens is 421 g/mol. The Hall–Kier alpha value is -3.16. The van der Waals surface area contributed by atoms with Crippen LogP contribution < -0.4 is 13.1 Å². The van der Waals surface area contributed by atoms with Crippen molar-refractivity contribution in [1.29, 1.82) is 0 Å². The minimum atomic E-state index is -2.92. The Morgan fingerprint density at radius 2 is 1.07 bits per heavy atom. The predicted molar refractivity (Wildman–Crippen MR) is 121 cm³/mol. The van der Waals surface area contributed by atoms with Gasteiger partial charge in [-0.15, -0.1) is 0 Å². The van der Waals surface area contributed by atoms with Crippen LogP contribution in [0.1, 0.15) is 5.56 Å². The number of nitro benzene ring substituents is 1. The van der Waals surface area contributed by atoms with Crippen LogP contribution in [0.25, 0.3) is 0 Å². The van der Waals surface area contributed by atoms with E-state index in [4.69, 9.17) is 0 Å². The van der Waals surface area contributed by atoms with E-state index in [2.05, 4.69) is 72.8 Å². The van der Waals surface area contributed by atoms with E-state index < -0.39 is 13.6 Å². The van der Waals surface area contributed by atoms with Gasteiger partial charge in [-0.1, -0.05) is 0 Å². The fourth-order valence-corrected chi connectivity index (χ4v) is 12.7. The summed E-state index contributed by atoms with van der Waals surface area (Å²) < 4.78 is 3.98. The van der Waals surface area contributed by atoms with Crippen molar-refractivity contribution < 1.29 is 4.92 Å². The summed E-state index contributed by atoms with van der Waals surface area (Å²) in [6, 6.07) is 39.0. The minimum absolute atomic E-state index is 0.144. The molecule has 4 rings (SSSR count). The van der Waals surface area contributed by atoms with Crippen LogP contribution in [0.5, 0.6) is 0 Å². The topological polar surface area (TPSA) is 43.1 Å². The molecule has 0 bridgehead atoms. The van der Waals surface area contributed by atoms with Crippen molar-refractivity contribution in [3.8, 4) is 0 Å². The van der Waals surface area contributed by atoms with Gasteiger partial charge in [-0.25, -0.2) is 0 Å². The number of rotatable bonds is 6. The van der Waals surface area contributed by atoms with Gasteiger partial charge in [0.25, 0.3) is 0 Å². The van der Waals surface area contributed by atoms with Gasteiger partial charge in [0.05, 0.1) is 0 Å². The van der Waals surface area contributed by atoms with Gasteiger partial charge in [-0.05, 0) is 0 Å². The maximum atomic E-state index is 11.3. The first-order valence-corrected chi connectivity index (χ1v) is 13.6. The molecule has 0 aliphatic rings. The van der Waals surface area contributed by atoms with Gasteiger partial charge in [0.1, 0.15) is 0 Å². The Labute approximate surface area is 173 Å². The Morgan fingerprint density at radius 3 is 1.48 bits per heavy atom. The molecule has 0 saturated carbocycles. The molecular formula is C25H21AsNO2+. The number of hydrogen-bond donors (Lipinski definition) is 0. The molecule has 0 heterocycles. The van der Waals surface area contributed by atoms with E-state index in [0.29, 0.717) is 0 Å². The standard InChI is InChI=1S/C25H21AsNO2/c28-27(29)25-18-10-11-21(19-25)20-26(22-12-4-1-5-13-22,23-14-6-2-7-15-23)24-16-8-3-9-17-24/h1-19H,20H2/q+1. The van der Waals surface area contributed by atoms with Gasteiger partial charge < -0.3 is 0 Å². The molecule has 4 heteroatoms. The average Bonchev–Trinajstić information content (AvgIpc) is 2.79. The average molecular weight is 442 g/mol. The van der Waals surface area contributed by atoms with Crippen LogP contribution in [0.15, 0.2) is 115 Å². The Balaban J connectivity index is 1.98. The van der Waals surface area contributed by atoms with Gasteiger partial charge in [-0.3, -0.25) is 0 Å². The number of non-ortho nitro benzene ring substituents is 1. The van der Waals surface area contributed by atoms with Crippen molar-refractivity contribution in [2.45, 2.75) is 5.21 Å². The van der Waals surface area contributed by atoms with Crippen molar-refractivity contribution in [2.75, 3.05) is 0 Å². The van der Waals surface area contributed by atoms with Crippen LogP contribution in [0, 0.1) is 10.1 Å². The summed E-state index contributed by atoms with van der Waals surface area (Å²) in [4.78, 5) is 11.0. The molecule has 0 radical (unpaired) electrons. The summed E-state index contributed by atoms with van der Waals surface area (Å²) >= 11 is -2.92. The third-order valence-corrected chi connectivity index (χ3v) is 14.3. The van der Waals surface area contributed by atoms with Crippen molar-refractivity contribution in [3.05, 3.63) is 131 Å². The van der Waals surface area contributed by atoms with Crippen LogP contribution in [-0.2, 0) is 5.21 Å². The van der Waals surface area contributed by atoms with E-state index in [9.17, 15) is 10.1 Å². The van der Waals surface area contributed by atoms with Gasteiger partial charge >= 0.3 is 173 Å². The summed E-state index contributed by atoms with van der Waals surface area (Å²) in [6.07, 6.45) is 0. The molecule has 0 fully saturated rings. The van der Waals surface area contributed by atoms with E-state index in [0.717, 1.165) is 10.8 Å². The zero-order valence-corrected chi connectivity index (χ0v) is 17.8. The zero-order chi connectivity index (χ0) is 20.1. The summed E-state index contributed by atoms with van der Waals surface area (Å²) in [6.45, 7) is 0. The molecule has 3 nitrogen and oxygen atoms in total. The zero-order valence-electron chi connectivity index (χ0n) is 15.9. The molecule has 0 N–H and O–H groups in total. The molecule has 142 valence electrons. The molecule has 0 amide bonds. The number of hydrogen-bond acceptors (Lipinski definition) is 2. The van der Waals surface area contributed by atoms with Crippen LogP contribution in [0.2, 0.25) is 0 Å². The third-order valence-electron chi connectivity index (χ3n) is 5.13. The van der Waals surface area contributed by atoms with Gasteiger partial charge in [-0.2, -0.15) is 0 Å². The van der Waals surface area contributed by atoms with E-state index in [1.54, 1.807) is 18.2 Å². The molecule has 0 saturated heterocycles. The second-order valence-electron chi connectivity index (χ2n) is 6.90. The molecule has 0 aromatic heterocycles. The second kappa shape index (κ2) is 8.46. The van der Waals surface area contributed by atoms with Gasteiger partial charge in [0.2, 0.25) is 0 Å². The van der Waals surface area contributed by atoms with Crippen LogP contribution in [-0.4, -0.2) is 18.5 Å². The summed E-state index contributed by atoms with van der Waals surface area (Å²) in [5.74, 6) is 0. The van der Waals surface area contributed by atoms with Crippen molar-refractivity contribution >= 4 is 32.3 Å². The summed E-state index contributed by atoms with van der Waals surface area (Å²) in [5, 5.41) is 12.1. The summed E-state index contributed by atoms with van der Waals surface area (Å²) in [7, 11) is 0. The molecule has 0 atom stereocenters. The molecule has 0 unspecified atom stereocenters. The molecule has 4 aromatic carbocycles. The first kappa shape index (κ1) is 19.2. The van der Waals surface area contributed by atoms with E-state index in [1.807, 2.05) is 24.3 Å². The van der Waals surface area contributed by atoms with Crippen LogP contribution in [0.3, 0.4) is 0 Å². The first-order valence-electron chi connectivity index (χ1n) is 9.48. The molecule has 4 aromatic rings. The van der Waals surface area contributed by atoms with Gasteiger partial charge in [0.15, 0.2) is 0 Å². The van der Waals surface area contributed by atoms with Crippen molar-refractivity contribution in [2.24, 2.45) is 0 Å². The van der Waals surface area contributed by atoms with E-state index >= 15 is 0 Å². The van der Waals surface area contributed by atoms with E-state index in [1.165, 1.54) is 13.1 Å². The Kier molecular flexibility index (Phi) is 5.59. The summed E-state index contributed by atoms with van der Waals surface area (Å²) in [5.41, 5.74) is 1.15. The SMILES string of the molecule is O=[N+]([O-])c1cccc(C[As+](c2ccccc2)(c2ccccc2)c2ccccc2)c1. The Bertz CT molecular complexity index is 1000. The molecule has 0 spiro atoms. The molecule has 0 aliphatic carbocycles. The van der Waals surface area contributed by atoms with Crippen molar-refractivity contribution in [1.82, 2.24) is 0 Å². The second-order valence-corrected chi connectivity index (χ2v) is 14.2. The number of benzene rings is 4. The first-order chi connectivity index (χ1) is 14.2. The normalized spacial score (nSPS) is 11.2. The van der Waals surface area contributed by atoms with Crippen LogP contribution >= 0.6 is 0 Å². The third kappa shape index (κ3) is 3.87. The predicted octanol–water partition coefficient (Wildman–Crippen LogP) is 3.85. The monoisotopic (exact) mass is 442 g/mol. The fraction of sp³-hybridized carbons (Fsp3) is 0.0400. The molecule has 29 heavy (non-hydrogen) atoms. The number of nitrogens with zero attached hydrogens (tertiary/aromatic N) is 1. The number of nitro groups is 1. The fourth-order valence-electron chi connectivity index (χ4n) is 3.81. The maximum absolute atomic E-state index is 11.3. The van der Waals surface area contributed by atoms with Crippen molar-refractivity contribution in [3.63, 3.8) is 0 Å². The van der Waals surface area contributed by atoms with Crippen LogP contribution in [0.4, 0.5) is 5.69 Å². The van der Waals surface area contributed by atoms with E-state index in [-0.39, 0.29) is 10.6 Å². The Morgan fingerprint density at radius 1 is 0.621 bits per heavy atom. The van der Waals surface area contributed by atoms with Gasteiger partial charge in [0, 0.05) is 0 Å².